The maximum atomic E-state index is 13.7. The molecule has 1 aliphatic rings. The number of nitrogens with zero attached hydrogens (tertiary/aromatic N) is 1. The Kier molecular flexibility index (Phi) is 5.11. The molecule has 1 saturated heterocycles. The SMILES string of the molecule is COc1ccc(C2CCN(CC(O)c3cc(F)ccc3F)C2)cc1. The molecule has 1 aliphatic heterocycles. The molecule has 1 fully saturated rings. The van der Waals surface area contributed by atoms with E-state index in [0.717, 1.165) is 43.5 Å². The maximum absolute atomic E-state index is 13.7. The Morgan fingerprint density at radius 2 is 1.96 bits per heavy atom. The average molecular weight is 333 g/mol. The van der Waals surface area contributed by atoms with Crippen molar-refractivity contribution in [3.05, 3.63) is 65.2 Å². The lowest BCUT2D eigenvalue weighted by Crippen LogP contribution is -2.26. The van der Waals surface area contributed by atoms with Gasteiger partial charge >= 0.3 is 0 Å². The van der Waals surface area contributed by atoms with Crippen molar-refractivity contribution in [2.24, 2.45) is 0 Å². The minimum atomic E-state index is -1.03. The van der Waals surface area contributed by atoms with E-state index in [9.17, 15) is 13.9 Å². The minimum absolute atomic E-state index is 0.0166. The Labute approximate surface area is 140 Å². The van der Waals surface area contributed by atoms with Crippen LogP contribution in [0.4, 0.5) is 8.78 Å². The van der Waals surface area contributed by atoms with Crippen LogP contribution in [0.5, 0.6) is 5.75 Å². The van der Waals surface area contributed by atoms with Gasteiger partial charge in [-0.3, -0.25) is 4.90 Å². The number of halogens is 2. The van der Waals surface area contributed by atoms with Crippen LogP contribution < -0.4 is 4.74 Å². The molecule has 24 heavy (non-hydrogen) atoms. The first-order valence-corrected chi connectivity index (χ1v) is 8.06. The molecule has 0 aromatic heterocycles. The van der Waals surface area contributed by atoms with Gasteiger partial charge in [-0.05, 0) is 54.8 Å². The van der Waals surface area contributed by atoms with Crippen LogP contribution in [0.1, 0.15) is 29.6 Å². The number of hydrogen-bond donors (Lipinski definition) is 1. The van der Waals surface area contributed by atoms with Gasteiger partial charge in [0.1, 0.15) is 17.4 Å². The molecule has 2 atom stereocenters. The van der Waals surface area contributed by atoms with Gasteiger partial charge in [0.25, 0.3) is 0 Å². The van der Waals surface area contributed by atoms with E-state index in [-0.39, 0.29) is 5.56 Å². The quantitative estimate of drug-likeness (QED) is 0.909. The minimum Gasteiger partial charge on any atom is -0.497 e. The maximum Gasteiger partial charge on any atom is 0.129 e. The number of benzene rings is 2. The molecule has 0 spiro atoms. The number of aliphatic hydroxyl groups is 1. The van der Waals surface area contributed by atoms with Crippen molar-refractivity contribution in [2.75, 3.05) is 26.7 Å². The molecule has 1 heterocycles. The zero-order chi connectivity index (χ0) is 17.1. The molecule has 128 valence electrons. The third-order valence-corrected chi connectivity index (χ3v) is 4.61. The highest BCUT2D eigenvalue weighted by atomic mass is 19.1. The number of rotatable bonds is 5. The lowest BCUT2D eigenvalue weighted by molar-refractivity contribution is 0.122. The van der Waals surface area contributed by atoms with Crippen molar-refractivity contribution < 1.29 is 18.6 Å². The van der Waals surface area contributed by atoms with Crippen LogP contribution >= 0.6 is 0 Å². The second-order valence-corrected chi connectivity index (χ2v) is 6.20. The number of aliphatic hydroxyl groups excluding tert-OH is 1. The van der Waals surface area contributed by atoms with Crippen LogP contribution in [0.2, 0.25) is 0 Å². The van der Waals surface area contributed by atoms with Crippen molar-refractivity contribution in [2.45, 2.75) is 18.4 Å². The molecular formula is C19H21F2NO2. The first-order chi connectivity index (χ1) is 11.6. The van der Waals surface area contributed by atoms with E-state index in [0.29, 0.717) is 12.5 Å². The lowest BCUT2D eigenvalue weighted by Gasteiger charge is -2.21. The van der Waals surface area contributed by atoms with Gasteiger partial charge in [-0.25, -0.2) is 8.78 Å². The molecule has 2 aromatic rings. The standard InChI is InChI=1S/C19H21F2NO2/c1-24-16-5-2-13(3-6-16)14-8-9-22(11-14)12-19(23)17-10-15(20)4-7-18(17)21/h2-7,10,14,19,23H,8-9,11-12H2,1H3. The predicted octanol–water partition coefficient (Wildman–Crippen LogP) is 3.50. The fourth-order valence-electron chi connectivity index (χ4n) is 3.26. The van der Waals surface area contributed by atoms with Crippen LogP contribution in [0.15, 0.2) is 42.5 Å². The Morgan fingerprint density at radius 3 is 2.67 bits per heavy atom. The van der Waals surface area contributed by atoms with Gasteiger partial charge < -0.3 is 9.84 Å². The summed E-state index contributed by atoms with van der Waals surface area (Å²) in [7, 11) is 1.64. The first kappa shape index (κ1) is 16.9. The Balaban J connectivity index is 1.62. The third-order valence-electron chi connectivity index (χ3n) is 4.61. The summed E-state index contributed by atoms with van der Waals surface area (Å²) < 4.78 is 32.2. The molecule has 0 aliphatic carbocycles. The van der Waals surface area contributed by atoms with E-state index < -0.39 is 17.7 Å². The molecule has 0 amide bonds. The van der Waals surface area contributed by atoms with Gasteiger partial charge in [0.05, 0.1) is 13.2 Å². The summed E-state index contributed by atoms with van der Waals surface area (Å²) in [5, 5.41) is 10.2. The van der Waals surface area contributed by atoms with Crippen molar-refractivity contribution in [1.82, 2.24) is 4.90 Å². The van der Waals surface area contributed by atoms with Gasteiger partial charge in [-0.2, -0.15) is 0 Å². The van der Waals surface area contributed by atoms with E-state index in [1.807, 2.05) is 12.1 Å². The number of β-amino-alcohol motifs (C(OH)–C–C–N with tert-alkyl or cyclic N) is 1. The van der Waals surface area contributed by atoms with E-state index in [2.05, 4.69) is 17.0 Å². The fraction of sp³-hybridized carbons (Fsp3) is 0.368. The predicted molar refractivity (Wildman–Crippen MR) is 88.1 cm³/mol. The Bertz CT molecular complexity index is 690. The molecule has 0 saturated carbocycles. The van der Waals surface area contributed by atoms with Crippen LogP contribution in [0.25, 0.3) is 0 Å². The largest absolute Gasteiger partial charge is 0.497 e. The zero-order valence-corrected chi connectivity index (χ0v) is 13.6. The summed E-state index contributed by atoms with van der Waals surface area (Å²) in [5.41, 5.74) is 1.24. The van der Waals surface area contributed by atoms with Crippen LogP contribution in [0.3, 0.4) is 0 Å². The number of ether oxygens (including phenoxy) is 1. The molecule has 2 unspecified atom stereocenters. The molecule has 3 nitrogen and oxygen atoms in total. The van der Waals surface area contributed by atoms with Gasteiger partial charge in [-0.1, -0.05) is 12.1 Å². The molecular weight excluding hydrogens is 312 g/mol. The van der Waals surface area contributed by atoms with Crippen LogP contribution in [0, 0.1) is 11.6 Å². The van der Waals surface area contributed by atoms with Crippen LogP contribution in [-0.4, -0.2) is 36.8 Å². The van der Waals surface area contributed by atoms with Crippen molar-refractivity contribution in [3.63, 3.8) is 0 Å². The highest BCUT2D eigenvalue weighted by Gasteiger charge is 2.26. The van der Waals surface area contributed by atoms with E-state index in [1.165, 1.54) is 5.56 Å². The summed E-state index contributed by atoms with van der Waals surface area (Å²) in [6.07, 6.45) is -0.0552. The highest BCUT2D eigenvalue weighted by Crippen LogP contribution is 2.30. The van der Waals surface area contributed by atoms with Crippen molar-refractivity contribution in [3.8, 4) is 5.75 Å². The third kappa shape index (κ3) is 3.74. The normalized spacial score (nSPS) is 19.4. The second kappa shape index (κ2) is 7.28. The summed E-state index contributed by atoms with van der Waals surface area (Å²) in [5.74, 6) is 0.0869. The van der Waals surface area contributed by atoms with Crippen molar-refractivity contribution >= 4 is 0 Å². The Morgan fingerprint density at radius 1 is 1.21 bits per heavy atom. The zero-order valence-electron chi connectivity index (χ0n) is 13.6. The summed E-state index contributed by atoms with van der Waals surface area (Å²) in [4.78, 5) is 2.09. The molecule has 1 N–H and O–H groups in total. The number of likely N-dealkylation sites (tertiary alicyclic amines) is 1. The highest BCUT2D eigenvalue weighted by molar-refractivity contribution is 5.30. The van der Waals surface area contributed by atoms with Crippen molar-refractivity contribution in [1.29, 1.82) is 0 Å². The molecule has 0 radical (unpaired) electrons. The number of methoxy groups -OCH3 is 1. The summed E-state index contributed by atoms with van der Waals surface area (Å²) in [6, 6.07) is 11.2. The van der Waals surface area contributed by atoms with Gasteiger partial charge in [-0.15, -0.1) is 0 Å². The van der Waals surface area contributed by atoms with E-state index in [4.69, 9.17) is 4.74 Å². The fourth-order valence-corrected chi connectivity index (χ4v) is 3.26. The smallest absolute Gasteiger partial charge is 0.129 e. The average Bonchev–Trinajstić information content (AvgIpc) is 3.05. The topological polar surface area (TPSA) is 32.7 Å². The molecule has 2 aromatic carbocycles. The summed E-state index contributed by atoms with van der Waals surface area (Å²) in [6.45, 7) is 1.91. The first-order valence-electron chi connectivity index (χ1n) is 8.06. The Hall–Kier alpha value is -1.98. The summed E-state index contributed by atoms with van der Waals surface area (Å²) >= 11 is 0. The lowest BCUT2D eigenvalue weighted by atomic mass is 9.98. The molecule has 3 rings (SSSR count). The van der Waals surface area contributed by atoms with E-state index in [1.54, 1.807) is 7.11 Å². The molecule has 0 bridgehead atoms. The monoisotopic (exact) mass is 333 g/mol. The van der Waals surface area contributed by atoms with E-state index >= 15 is 0 Å². The number of hydrogen-bond acceptors (Lipinski definition) is 3. The van der Waals surface area contributed by atoms with Gasteiger partial charge in [0.2, 0.25) is 0 Å². The van der Waals surface area contributed by atoms with Gasteiger partial charge in [0.15, 0.2) is 0 Å². The van der Waals surface area contributed by atoms with Crippen LogP contribution in [-0.2, 0) is 0 Å². The molecule has 5 heteroatoms. The second-order valence-electron chi connectivity index (χ2n) is 6.20. The van der Waals surface area contributed by atoms with Gasteiger partial charge in [0, 0.05) is 18.7 Å².